The van der Waals surface area contributed by atoms with E-state index < -0.39 is 6.10 Å². The van der Waals surface area contributed by atoms with Crippen molar-refractivity contribution in [1.29, 1.82) is 0 Å². The van der Waals surface area contributed by atoms with Crippen molar-refractivity contribution >= 4 is 0 Å². The SMILES string of the molecule is CCCCCCCC(O)c1ccncn1. The number of aromatic nitrogens is 2. The first kappa shape index (κ1) is 12.1. The van der Waals surface area contributed by atoms with Crippen LogP contribution in [-0.4, -0.2) is 15.1 Å². The minimum Gasteiger partial charge on any atom is -0.387 e. The Balaban J connectivity index is 2.16. The third-order valence-electron chi connectivity index (χ3n) is 2.53. The molecule has 1 aromatic rings. The van der Waals surface area contributed by atoms with Crippen LogP contribution in [0.25, 0.3) is 0 Å². The number of hydrogen-bond donors (Lipinski definition) is 1. The molecule has 0 aliphatic rings. The molecule has 3 heteroatoms. The lowest BCUT2D eigenvalue weighted by atomic mass is 10.1. The van der Waals surface area contributed by atoms with Crippen molar-refractivity contribution in [2.75, 3.05) is 0 Å². The van der Waals surface area contributed by atoms with E-state index in [1.165, 1.54) is 32.0 Å². The molecule has 15 heavy (non-hydrogen) atoms. The van der Waals surface area contributed by atoms with Crippen LogP contribution in [-0.2, 0) is 0 Å². The van der Waals surface area contributed by atoms with Gasteiger partial charge in [-0.1, -0.05) is 39.0 Å². The van der Waals surface area contributed by atoms with Crippen molar-refractivity contribution < 1.29 is 5.11 Å². The number of aliphatic hydroxyl groups excluding tert-OH is 1. The van der Waals surface area contributed by atoms with E-state index in [4.69, 9.17) is 0 Å². The molecule has 1 unspecified atom stereocenters. The average Bonchev–Trinajstić information content (AvgIpc) is 2.30. The molecule has 0 saturated heterocycles. The first-order valence-corrected chi connectivity index (χ1v) is 5.78. The fourth-order valence-electron chi connectivity index (χ4n) is 1.59. The number of nitrogens with zero attached hydrogens (tertiary/aromatic N) is 2. The van der Waals surface area contributed by atoms with E-state index in [2.05, 4.69) is 16.9 Å². The summed E-state index contributed by atoms with van der Waals surface area (Å²) in [7, 11) is 0. The van der Waals surface area contributed by atoms with Crippen molar-refractivity contribution in [3.8, 4) is 0 Å². The molecule has 0 fully saturated rings. The van der Waals surface area contributed by atoms with Gasteiger partial charge in [0, 0.05) is 6.20 Å². The van der Waals surface area contributed by atoms with Crippen LogP contribution < -0.4 is 0 Å². The van der Waals surface area contributed by atoms with Crippen molar-refractivity contribution in [1.82, 2.24) is 9.97 Å². The van der Waals surface area contributed by atoms with Gasteiger partial charge in [-0.3, -0.25) is 0 Å². The molecule has 3 nitrogen and oxygen atoms in total. The molecule has 0 bridgehead atoms. The van der Waals surface area contributed by atoms with E-state index in [1.807, 2.05) is 0 Å². The number of rotatable bonds is 7. The first-order valence-electron chi connectivity index (χ1n) is 5.78. The molecule has 0 aliphatic carbocycles. The minimum atomic E-state index is -0.422. The highest BCUT2D eigenvalue weighted by Crippen LogP contribution is 2.17. The van der Waals surface area contributed by atoms with E-state index >= 15 is 0 Å². The Hall–Kier alpha value is -0.960. The second-order valence-corrected chi connectivity index (χ2v) is 3.85. The summed E-state index contributed by atoms with van der Waals surface area (Å²) in [4.78, 5) is 7.86. The molecule has 0 amide bonds. The summed E-state index contributed by atoms with van der Waals surface area (Å²) in [5.74, 6) is 0. The Morgan fingerprint density at radius 3 is 2.73 bits per heavy atom. The van der Waals surface area contributed by atoms with Crippen molar-refractivity contribution in [2.24, 2.45) is 0 Å². The lowest BCUT2D eigenvalue weighted by Gasteiger charge is -2.08. The molecular weight excluding hydrogens is 188 g/mol. The Labute approximate surface area is 91.6 Å². The van der Waals surface area contributed by atoms with Gasteiger partial charge >= 0.3 is 0 Å². The maximum absolute atomic E-state index is 9.79. The van der Waals surface area contributed by atoms with Crippen LogP contribution in [0.15, 0.2) is 18.6 Å². The Bertz CT molecular complexity index is 251. The smallest absolute Gasteiger partial charge is 0.115 e. The van der Waals surface area contributed by atoms with E-state index in [0.717, 1.165) is 18.5 Å². The summed E-state index contributed by atoms with van der Waals surface area (Å²) in [5, 5.41) is 9.79. The van der Waals surface area contributed by atoms with Crippen LogP contribution in [0.4, 0.5) is 0 Å². The molecule has 1 N–H and O–H groups in total. The average molecular weight is 208 g/mol. The summed E-state index contributed by atoms with van der Waals surface area (Å²) in [5.41, 5.74) is 0.737. The topological polar surface area (TPSA) is 46.0 Å². The zero-order chi connectivity index (χ0) is 10.9. The van der Waals surface area contributed by atoms with Gasteiger partial charge in [0.2, 0.25) is 0 Å². The Morgan fingerprint density at radius 2 is 2.07 bits per heavy atom. The second kappa shape index (κ2) is 7.35. The molecule has 0 radical (unpaired) electrons. The second-order valence-electron chi connectivity index (χ2n) is 3.85. The van der Waals surface area contributed by atoms with Crippen molar-refractivity contribution in [3.05, 3.63) is 24.3 Å². The van der Waals surface area contributed by atoms with Crippen LogP contribution in [0.2, 0.25) is 0 Å². The van der Waals surface area contributed by atoms with E-state index in [0.29, 0.717) is 0 Å². The molecule has 0 spiro atoms. The van der Waals surface area contributed by atoms with Gasteiger partial charge in [-0.05, 0) is 12.5 Å². The molecule has 84 valence electrons. The molecule has 1 atom stereocenters. The van der Waals surface area contributed by atoms with Gasteiger partial charge < -0.3 is 5.11 Å². The number of unbranched alkanes of at least 4 members (excludes halogenated alkanes) is 4. The molecule has 0 aliphatic heterocycles. The minimum absolute atomic E-state index is 0.422. The van der Waals surface area contributed by atoms with Crippen molar-refractivity contribution in [3.63, 3.8) is 0 Å². The van der Waals surface area contributed by atoms with Crippen LogP contribution in [0, 0.1) is 0 Å². The van der Waals surface area contributed by atoms with E-state index in [-0.39, 0.29) is 0 Å². The largest absolute Gasteiger partial charge is 0.387 e. The predicted molar refractivity (Wildman–Crippen MR) is 60.4 cm³/mol. The number of aliphatic hydroxyl groups is 1. The molecular formula is C12H20N2O. The monoisotopic (exact) mass is 208 g/mol. The van der Waals surface area contributed by atoms with Gasteiger partial charge in [0.25, 0.3) is 0 Å². The summed E-state index contributed by atoms with van der Waals surface area (Å²) in [6.07, 6.45) is 9.64. The summed E-state index contributed by atoms with van der Waals surface area (Å²) in [6, 6.07) is 1.77. The standard InChI is InChI=1S/C12H20N2O/c1-2-3-4-5-6-7-12(15)11-8-9-13-10-14-11/h8-10,12,15H,2-7H2,1H3. The first-order chi connectivity index (χ1) is 7.34. The van der Waals surface area contributed by atoms with Gasteiger partial charge in [-0.2, -0.15) is 0 Å². The zero-order valence-corrected chi connectivity index (χ0v) is 9.39. The quantitative estimate of drug-likeness (QED) is 0.701. The molecule has 0 saturated carbocycles. The summed E-state index contributed by atoms with van der Waals surface area (Å²) < 4.78 is 0. The van der Waals surface area contributed by atoms with Crippen LogP contribution >= 0.6 is 0 Å². The number of hydrogen-bond acceptors (Lipinski definition) is 3. The Kier molecular flexibility index (Phi) is 5.93. The Morgan fingerprint density at radius 1 is 1.27 bits per heavy atom. The highest BCUT2D eigenvalue weighted by molar-refractivity contribution is 5.01. The molecule has 0 aromatic carbocycles. The molecule has 1 heterocycles. The maximum atomic E-state index is 9.79. The third-order valence-corrected chi connectivity index (χ3v) is 2.53. The van der Waals surface area contributed by atoms with E-state index in [1.54, 1.807) is 12.3 Å². The zero-order valence-electron chi connectivity index (χ0n) is 9.39. The summed E-state index contributed by atoms with van der Waals surface area (Å²) >= 11 is 0. The fraction of sp³-hybridized carbons (Fsp3) is 0.667. The molecule has 1 rings (SSSR count). The van der Waals surface area contributed by atoms with Crippen LogP contribution in [0.5, 0.6) is 0 Å². The predicted octanol–water partition coefficient (Wildman–Crippen LogP) is 2.87. The van der Waals surface area contributed by atoms with Crippen LogP contribution in [0.3, 0.4) is 0 Å². The highest BCUT2D eigenvalue weighted by Gasteiger charge is 2.07. The maximum Gasteiger partial charge on any atom is 0.115 e. The van der Waals surface area contributed by atoms with Gasteiger partial charge in [0.05, 0.1) is 11.8 Å². The van der Waals surface area contributed by atoms with Gasteiger partial charge in [0.1, 0.15) is 6.33 Å². The van der Waals surface area contributed by atoms with Crippen molar-refractivity contribution in [2.45, 2.75) is 51.6 Å². The van der Waals surface area contributed by atoms with Gasteiger partial charge in [-0.25, -0.2) is 9.97 Å². The highest BCUT2D eigenvalue weighted by atomic mass is 16.3. The van der Waals surface area contributed by atoms with Gasteiger partial charge in [0.15, 0.2) is 0 Å². The van der Waals surface area contributed by atoms with Gasteiger partial charge in [-0.15, -0.1) is 0 Å². The van der Waals surface area contributed by atoms with E-state index in [9.17, 15) is 5.11 Å². The fourth-order valence-corrected chi connectivity index (χ4v) is 1.59. The van der Waals surface area contributed by atoms with Crippen LogP contribution in [0.1, 0.15) is 57.2 Å². The lowest BCUT2D eigenvalue weighted by Crippen LogP contribution is -2.00. The normalized spacial score (nSPS) is 12.7. The third kappa shape index (κ3) is 4.88. The molecule has 1 aromatic heterocycles. The lowest BCUT2D eigenvalue weighted by molar-refractivity contribution is 0.158. The summed E-state index contributed by atoms with van der Waals surface area (Å²) in [6.45, 7) is 2.20.